The molecular formula is C35H67N2O6P. The lowest BCUT2D eigenvalue weighted by molar-refractivity contribution is -0.870. The summed E-state index contributed by atoms with van der Waals surface area (Å²) in [6.45, 7) is 4.49. The summed E-state index contributed by atoms with van der Waals surface area (Å²) in [5, 5.41) is 13.6. The van der Waals surface area contributed by atoms with Crippen molar-refractivity contribution in [1.82, 2.24) is 5.32 Å². The fourth-order valence-corrected chi connectivity index (χ4v) is 5.18. The van der Waals surface area contributed by atoms with Crippen molar-refractivity contribution in [2.75, 3.05) is 40.9 Å². The predicted octanol–water partition coefficient (Wildman–Crippen LogP) is 7.77. The molecule has 0 aromatic carbocycles. The van der Waals surface area contributed by atoms with Gasteiger partial charge in [0.15, 0.2) is 0 Å². The molecular weight excluding hydrogens is 575 g/mol. The first-order valence-corrected chi connectivity index (χ1v) is 18.8. The van der Waals surface area contributed by atoms with Gasteiger partial charge in [-0.2, -0.15) is 0 Å². The summed E-state index contributed by atoms with van der Waals surface area (Å²) in [6.07, 6.45) is 30.5. The van der Waals surface area contributed by atoms with Crippen molar-refractivity contribution in [3.63, 3.8) is 0 Å². The van der Waals surface area contributed by atoms with E-state index in [-0.39, 0.29) is 12.5 Å². The number of nitrogens with one attached hydrogen (secondary N) is 1. The van der Waals surface area contributed by atoms with E-state index in [1.807, 2.05) is 27.2 Å². The van der Waals surface area contributed by atoms with E-state index in [0.29, 0.717) is 17.4 Å². The number of rotatable bonds is 30. The second-order valence-electron chi connectivity index (χ2n) is 12.9. The predicted molar refractivity (Wildman–Crippen MR) is 182 cm³/mol. The largest absolute Gasteiger partial charge is 0.756 e. The van der Waals surface area contributed by atoms with E-state index in [0.717, 1.165) is 64.2 Å². The number of aliphatic hydroxyl groups excluding tert-OH is 1. The van der Waals surface area contributed by atoms with Gasteiger partial charge in [-0.3, -0.25) is 9.36 Å². The molecule has 0 aliphatic rings. The van der Waals surface area contributed by atoms with Gasteiger partial charge in [-0.05, 0) is 51.4 Å². The molecule has 0 radical (unpaired) electrons. The van der Waals surface area contributed by atoms with Crippen molar-refractivity contribution in [2.24, 2.45) is 0 Å². The molecule has 0 aromatic heterocycles. The number of phosphoric acid groups is 1. The maximum Gasteiger partial charge on any atom is 0.268 e. The van der Waals surface area contributed by atoms with E-state index in [4.69, 9.17) is 9.05 Å². The molecule has 8 nitrogen and oxygen atoms in total. The Bertz CT molecular complexity index is 825. The molecule has 258 valence electrons. The minimum Gasteiger partial charge on any atom is -0.756 e. The van der Waals surface area contributed by atoms with Gasteiger partial charge in [-0.1, -0.05) is 108 Å². The van der Waals surface area contributed by atoms with Crippen LogP contribution in [0.4, 0.5) is 0 Å². The number of allylic oxidation sites excluding steroid dienone is 5. The second kappa shape index (κ2) is 28.0. The third kappa shape index (κ3) is 29.4. The average molecular weight is 643 g/mol. The van der Waals surface area contributed by atoms with Crippen LogP contribution in [-0.4, -0.2) is 68.5 Å². The molecule has 0 aliphatic heterocycles. The number of hydrogen-bond donors (Lipinski definition) is 2. The Morgan fingerprint density at radius 2 is 1.32 bits per heavy atom. The highest BCUT2D eigenvalue weighted by Crippen LogP contribution is 2.38. The fraction of sp³-hybridized carbons (Fsp3) is 0.800. The molecule has 0 spiro atoms. The number of phosphoric ester groups is 1. The summed E-state index contributed by atoms with van der Waals surface area (Å²) < 4.78 is 23.0. The minimum atomic E-state index is -4.58. The summed E-state index contributed by atoms with van der Waals surface area (Å²) in [7, 11) is 1.23. The normalized spacial score (nSPS) is 15.3. The van der Waals surface area contributed by atoms with E-state index in [9.17, 15) is 19.4 Å². The van der Waals surface area contributed by atoms with Gasteiger partial charge in [0.1, 0.15) is 13.2 Å². The molecule has 0 aliphatic carbocycles. The van der Waals surface area contributed by atoms with Gasteiger partial charge in [0.2, 0.25) is 5.91 Å². The van der Waals surface area contributed by atoms with E-state index in [2.05, 4.69) is 43.5 Å². The molecule has 2 N–H and O–H groups in total. The highest BCUT2D eigenvalue weighted by Gasteiger charge is 2.23. The van der Waals surface area contributed by atoms with E-state index >= 15 is 0 Å². The number of likely N-dealkylation sites (N-methyl/N-ethyl adjacent to an activating group) is 1. The van der Waals surface area contributed by atoms with Crippen LogP contribution in [0.5, 0.6) is 0 Å². The Hall–Kier alpha value is -1.28. The fourth-order valence-electron chi connectivity index (χ4n) is 4.46. The van der Waals surface area contributed by atoms with Crippen LogP contribution in [0.25, 0.3) is 0 Å². The molecule has 44 heavy (non-hydrogen) atoms. The van der Waals surface area contributed by atoms with Crippen LogP contribution in [0, 0.1) is 0 Å². The number of unbranched alkanes of at least 4 members (excludes halogenated alkanes) is 13. The van der Waals surface area contributed by atoms with Crippen LogP contribution in [-0.2, 0) is 18.4 Å². The van der Waals surface area contributed by atoms with Gasteiger partial charge in [0.25, 0.3) is 7.82 Å². The molecule has 3 atom stereocenters. The third-order valence-corrected chi connectivity index (χ3v) is 8.27. The smallest absolute Gasteiger partial charge is 0.268 e. The maximum absolute atomic E-state index is 12.7. The van der Waals surface area contributed by atoms with Crippen LogP contribution >= 0.6 is 7.82 Å². The Morgan fingerprint density at radius 3 is 1.93 bits per heavy atom. The zero-order valence-corrected chi connectivity index (χ0v) is 29.7. The first-order valence-electron chi connectivity index (χ1n) is 17.4. The molecule has 0 rings (SSSR count). The molecule has 0 heterocycles. The zero-order valence-electron chi connectivity index (χ0n) is 28.9. The van der Waals surface area contributed by atoms with Gasteiger partial charge >= 0.3 is 0 Å². The van der Waals surface area contributed by atoms with Crippen molar-refractivity contribution in [3.8, 4) is 0 Å². The molecule has 0 saturated heterocycles. The quantitative estimate of drug-likeness (QED) is 0.0359. The van der Waals surface area contributed by atoms with Crippen LogP contribution < -0.4 is 10.2 Å². The SMILES string of the molecule is CCC/C=C\CCCCCCCC(=O)NC(COP(=O)([O-])OCC[N+](C)(C)C)C(O)/C=C/CC/C=C/CCCCCCCC. The summed E-state index contributed by atoms with van der Waals surface area (Å²) in [6, 6.07) is -0.902. The number of carbonyl (C=O) groups excluding carboxylic acids is 1. The molecule has 0 saturated carbocycles. The lowest BCUT2D eigenvalue weighted by Gasteiger charge is -2.29. The van der Waals surface area contributed by atoms with Crippen LogP contribution in [0.15, 0.2) is 36.5 Å². The van der Waals surface area contributed by atoms with Crippen molar-refractivity contribution in [3.05, 3.63) is 36.5 Å². The standard InChI is InChI=1S/C35H67N2O6P/c1-6-8-10-12-14-16-18-19-20-22-24-26-28-34(38)33(32-43-44(40,41)42-31-30-37(3,4)5)36-35(39)29-27-25-23-21-17-15-13-11-9-7-2/h11,13,19-20,26,28,33-34,38H,6-10,12,14-18,21-25,27,29-32H2,1-5H3,(H-,36,39,40,41)/b13-11-,20-19+,28-26+. The molecule has 3 unspecified atom stereocenters. The average Bonchev–Trinajstić information content (AvgIpc) is 2.95. The third-order valence-electron chi connectivity index (χ3n) is 7.30. The van der Waals surface area contributed by atoms with Crippen molar-refractivity contribution < 1.29 is 32.9 Å². The second-order valence-corrected chi connectivity index (χ2v) is 14.3. The number of carbonyl (C=O) groups is 1. The van der Waals surface area contributed by atoms with Gasteiger partial charge in [-0.25, -0.2) is 0 Å². The minimum absolute atomic E-state index is 0.00877. The number of hydrogen-bond acceptors (Lipinski definition) is 6. The lowest BCUT2D eigenvalue weighted by atomic mass is 10.1. The van der Waals surface area contributed by atoms with Crippen LogP contribution in [0.2, 0.25) is 0 Å². The van der Waals surface area contributed by atoms with Crippen molar-refractivity contribution in [2.45, 2.75) is 142 Å². The molecule has 9 heteroatoms. The first-order chi connectivity index (χ1) is 21.0. The van der Waals surface area contributed by atoms with Gasteiger partial charge in [0.05, 0.1) is 39.9 Å². The number of amides is 1. The van der Waals surface area contributed by atoms with Gasteiger partial charge in [0, 0.05) is 6.42 Å². The van der Waals surface area contributed by atoms with E-state index < -0.39 is 26.6 Å². The lowest BCUT2D eigenvalue weighted by Crippen LogP contribution is -2.45. The number of aliphatic hydroxyl groups is 1. The van der Waals surface area contributed by atoms with E-state index in [1.165, 1.54) is 44.9 Å². The zero-order chi connectivity index (χ0) is 32.9. The summed E-state index contributed by atoms with van der Waals surface area (Å²) in [4.78, 5) is 25.0. The van der Waals surface area contributed by atoms with E-state index in [1.54, 1.807) is 6.08 Å². The number of nitrogens with zero attached hydrogens (tertiary/aromatic N) is 1. The Kier molecular flexibility index (Phi) is 27.2. The molecule has 1 amide bonds. The van der Waals surface area contributed by atoms with Crippen LogP contribution in [0.3, 0.4) is 0 Å². The van der Waals surface area contributed by atoms with Crippen molar-refractivity contribution in [1.29, 1.82) is 0 Å². The number of quaternary nitrogens is 1. The van der Waals surface area contributed by atoms with Crippen LogP contribution in [0.1, 0.15) is 129 Å². The van der Waals surface area contributed by atoms with Crippen molar-refractivity contribution >= 4 is 13.7 Å². The van der Waals surface area contributed by atoms with Gasteiger partial charge < -0.3 is 28.8 Å². The summed E-state index contributed by atoms with van der Waals surface area (Å²) >= 11 is 0. The molecule has 0 fully saturated rings. The first kappa shape index (κ1) is 42.7. The maximum atomic E-state index is 12.7. The molecule has 0 bridgehead atoms. The Morgan fingerprint density at radius 1 is 0.773 bits per heavy atom. The highest BCUT2D eigenvalue weighted by atomic mass is 31.2. The topological polar surface area (TPSA) is 108 Å². The monoisotopic (exact) mass is 642 g/mol. The van der Waals surface area contributed by atoms with Gasteiger partial charge in [-0.15, -0.1) is 0 Å². The highest BCUT2D eigenvalue weighted by molar-refractivity contribution is 7.45. The Labute approximate surface area is 270 Å². The Balaban J connectivity index is 4.69. The summed E-state index contributed by atoms with van der Waals surface area (Å²) in [5.74, 6) is -0.224. The summed E-state index contributed by atoms with van der Waals surface area (Å²) in [5.41, 5.74) is 0. The molecule has 0 aromatic rings.